The van der Waals surface area contributed by atoms with E-state index in [1.165, 1.54) is 6.92 Å². The van der Waals surface area contributed by atoms with Crippen LogP contribution in [0.4, 0.5) is 0 Å². The maximum absolute atomic E-state index is 11.5. The number of hydrazine groups is 1. The van der Waals surface area contributed by atoms with Crippen LogP contribution in [0.25, 0.3) is 0 Å². The Labute approximate surface area is 106 Å². The van der Waals surface area contributed by atoms with E-state index in [4.69, 9.17) is 4.74 Å². The Kier molecular flexibility index (Phi) is 5.79. The Bertz CT molecular complexity index is 395. The van der Waals surface area contributed by atoms with Crippen molar-refractivity contribution in [2.45, 2.75) is 26.3 Å². The highest BCUT2D eigenvalue weighted by Crippen LogP contribution is 2.13. The topological polar surface area (TPSA) is 80.3 Å². The monoisotopic (exact) mass is 251 g/mol. The lowest BCUT2D eigenvalue weighted by Gasteiger charge is -2.17. The summed E-state index contributed by atoms with van der Waals surface area (Å²) in [6.45, 7) is 3.45. The van der Waals surface area contributed by atoms with Gasteiger partial charge in [0.2, 0.25) is 5.91 Å². The summed E-state index contributed by atoms with van der Waals surface area (Å²) in [6, 6.07) is 4.96. The molecule has 6 heteroatoms. The minimum Gasteiger partial charge on any atom is -0.466 e. The molecule has 0 aliphatic heterocycles. The first kappa shape index (κ1) is 14.1. The Morgan fingerprint density at radius 2 is 2.22 bits per heavy atom. The van der Waals surface area contributed by atoms with Crippen molar-refractivity contribution in [3.63, 3.8) is 0 Å². The molecule has 0 bridgehead atoms. The fourth-order valence-corrected chi connectivity index (χ4v) is 1.39. The molecule has 2 N–H and O–H groups in total. The smallest absolute Gasteiger partial charge is 0.307 e. The zero-order chi connectivity index (χ0) is 13.4. The molecule has 0 aliphatic carbocycles. The molecular weight excluding hydrogens is 234 g/mol. The van der Waals surface area contributed by atoms with Crippen molar-refractivity contribution in [2.24, 2.45) is 0 Å². The normalized spacial score (nSPS) is 11.7. The van der Waals surface area contributed by atoms with Gasteiger partial charge in [-0.2, -0.15) is 0 Å². The van der Waals surface area contributed by atoms with Gasteiger partial charge >= 0.3 is 5.97 Å². The third kappa shape index (κ3) is 4.92. The first-order valence-corrected chi connectivity index (χ1v) is 5.72. The maximum Gasteiger partial charge on any atom is 0.307 e. The van der Waals surface area contributed by atoms with Crippen LogP contribution in [-0.2, 0) is 14.3 Å². The maximum atomic E-state index is 11.5. The third-order valence-electron chi connectivity index (χ3n) is 2.14. The van der Waals surface area contributed by atoms with Gasteiger partial charge in [-0.15, -0.1) is 0 Å². The number of nitrogens with one attached hydrogen (secondary N) is 2. The molecule has 0 aromatic carbocycles. The number of aromatic nitrogens is 1. The van der Waals surface area contributed by atoms with Gasteiger partial charge in [-0.3, -0.25) is 20.0 Å². The van der Waals surface area contributed by atoms with E-state index in [0.29, 0.717) is 12.3 Å². The number of ether oxygens (including phenoxy) is 1. The van der Waals surface area contributed by atoms with Crippen LogP contribution in [0.1, 0.15) is 32.0 Å². The number of esters is 1. The SMILES string of the molecule is CCOC(=O)CC(NNC(C)=O)c1ccccn1. The molecule has 1 amide bonds. The van der Waals surface area contributed by atoms with Crippen molar-refractivity contribution in [1.29, 1.82) is 0 Å². The van der Waals surface area contributed by atoms with Crippen LogP contribution in [0.15, 0.2) is 24.4 Å². The fraction of sp³-hybridized carbons (Fsp3) is 0.417. The average molecular weight is 251 g/mol. The molecule has 6 nitrogen and oxygen atoms in total. The molecule has 98 valence electrons. The lowest BCUT2D eigenvalue weighted by atomic mass is 10.1. The van der Waals surface area contributed by atoms with Gasteiger partial charge in [-0.1, -0.05) is 6.07 Å². The van der Waals surface area contributed by atoms with E-state index in [0.717, 1.165) is 0 Å². The van der Waals surface area contributed by atoms with Crippen LogP contribution in [0.2, 0.25) is 0 Å². The third-order valence-corrected chi connectivity index (χ3v) is 2.14. The second-order valence-electron chi connectivity index (χ2n) is 3.64. The molecule has 0 saturated carbocycles. The first-order valence-electron chi connectivity index (χ1n) is 5.72. The van der Waals surface area contributed by atoms with Gasteiger partial charge in [0.1, 0.15) is 0 Å². The molecule has 1 unspecified atom stereocenters. The largest absolute Gasteiger partial charge is 0.466 e. The predicted octanol–water partition coefficient (Wildman–Crippen LogP) is 0.717. The van der Waals surface area contributed by atoms with Crippen molar-refractivity contribution in [3.8, 4) is 0 Å². The molecule has 1 atom stereocenters. The highest BCUT2D eigenvalue weighted by molar-refractivity contribution is 5.73. The number of rotatable bonds is 6. The van der Waals surface area contributed by atoms with Crippen molar-refractivity contribution < 1.29 is 14.3 Å². The van der Waals surface area contributed by atoms with Crippen molar-refractivity contribution in [2.75, 3.05) is 6.61 Å². The quantitative estimate of drug-likeness (QED) is 0.575. The van der Waals surface area contributed by atoms with Crippen LogP contribution in [-0.4, -0.2) is 23.5 Å². The Morgan fingerprint density at radius 3 is 2.78 bits per heavy atom. The Balaban J connectivity index is 2.69. The molecule has 1 aromatic heterocycles. The molecule has 0 spiro atoms. The molecule has 0 aliphatic rings. The number of carbonyl (C=O) groups excluding carboxylic acids is 2. The van der Waals surface area contributed by atoms with E-state index in [-0.39, 0.29) is 18.3 Å². The van der Waals surface area contributed by atoms with E-state index in [9.17, 15) is 9.59 Å². The Morgan fingerprint density at radius 1 is 1.44 bits per heavy atom. The molecule has 0 saturated heterocycles. The molecule has 18 heavy (non-hydrogen) atoms. The standard InChI is InChI=1S/C12H17N3O3/c1-3-18-12(17)8-11(15-14-9(2)16)10-6-4-5-7-13-10/h4-7,11,15H,3,8H2,1-2H3,(H,14,16). The lowest BCUT2D eigenvalue weighted by molar-refractivity contribution is -0.144. The van der Waals surface area contributed by atoms with Crippen LogP contribution in [0.5, 0.6) is 0 Å². The summed E-state index contributed by atoms with van der Waals surface area (Å²) < 4.78 is 4.88. The molecule has 0 radical (unpaired) electrons. The Hall–Kier alpha value is -1.95. The molecular formula is C12H17N3O3. The lowest BCUT2D eigenvalue weighted by Crippen LogP contribution is -2.39. The number of hydrogen-bond donors (Lipinski definition) is 2. The summed E-state index contributed by atoms with van der Waals surface area (Å²) >= 11 is 0. The highest BCUT2D eigenvalue weighted by atomic mass is 16.5. The van der Waals surface area contributed by atoms with Crippen LogP contribution in [0.3, 0.4) is 0 Å². The summed E-state index contributed by atoms with van der Waals surface area (Å²) in [7, 11) is 0. The van der Waals surface area contributed by atoms with E-state index >= 15 is 0 Å². The van der Waals surface area contributed by atoms with Gasteiger partial charge in [0, 0.05) is 13.1 Å². The van der Waals surface area contributed by atoms with Gasteiger partial charge in [-0.25, -0.2) is 5.43 Å². The minimum absolute atomic E-state index is 0.102. The van der Waals surface area contributed by atoms with E-state index in [1.807, 2.05) is 6.07 Å². The summed E-state index contributed by atoms with van der Waals surface area (Å²) in [4.78, 5) is 26.5. The number of nitrogens with zero attached hydrogens (tertiary/aromatic N) is 1. The highest BCUT2D eigenvalue weighted by Gasteiger charge is 2.17. The zero-order valence-corrected chi connectivity index (χ0v) is 10.5. The van der Waals surface area contributed by atoms with Gasteiger partial charge in [0.25, 0.3) is 0 Å². The van der Waals surface area contributed by atoms with E-state index < -0.39 is 6.04 Å². The van der Waals surface area contributed by atoms with Gasteiger partial charge in [-0.05, 0) is 19.1 Å². The summed E-state index contributed by atoms with van der Waals surface area (Å²) in [6.07, 6.45) is 1.73. The van der Waals surface area contributed by atoms with Crippen molar-refractivity contribution in [1.82, 2.24) is 15.8 Å². The van der Waals surface area contributed by atoms with Gasteiger partial charge in [0.05, 0.1) is 24.8 Å². The number of amides is 1. The average Bonchev–Trinajstić information content (AvgIpc) is 2.35. The second kappa shape index (κ2) is 7.39. The number of carbonyl (C=O) groups is 2. The summed E-state index contributed by atoms with van der Waals surface area (Å²) in [5, 5.41) is 0. The number of pyridine rings is 1. The van der Waals surface area contributed by atoms with E-state index in [2.05, 4.69) is 15.8 Å². The molecule has 0 fully saturated rings. The van der Waals surface area contributed by atoms with E-state index in [1.54, 1.807) is 25.3 Å². The summed E-state index contributed by atoms with van der Waals surface area (Å²) in [5.41, 5.74) is 5.88. The fourth-order valence-electron chi connectivity index (χ4n) is 1.39. The number of hydrogen-bond acceptors (Lipinski definition) is 5. The molecule has 1 aromatic rings. The first-order chi connectivity index (χ1) is 8.63. The van der Waals surface area contributed by atoms with Crippen LogP contribution >= 0.6 is 0 Å². The molecule has 1 rings (SSSR count). The summed E-state index contributed by atoms with van der Waals surface area (Å²) in [5.74, 6) is -0.578. The predicted molar refractivity (Wildman–Crippen MR) is 65.2 cm³/mol. The van der Waals surface area contributed by atoms with Gasteiger partial charge < -0.3 is 4.74 Å². The van der Waals surface area contributed by atoms with Crippen molar-refractivity contribution in [3.05, 3.63) is 30.1 Å². The van der Waals surface area contributed by atoms with Crippen LogP contribution in [0, 0.1) is 0 Å². The van der Waals surface area contributed by atoms with Crippen molar-refractivity contribution >= 4 is 11.9 Å². The zero-order valence-electron chi connectivity index (χ0n) is 10.5. The van der Waals surface area contributed by atoms with Gasteiger partial charge in [0.15, 0.2) is 0 Å². The second-order valence-corrected chi connectivity index (χ2v) is 3.64. The van der Waals surface area contributed by atoms with Crippen LogP contribution < -0.4 is 10.9 Å². The molecule has 1 heterocycles. The minimum atomic E-state index is -0.408.